The number of anilines is 1. The Bertz CT molecular complexity index is 927. The van der Waals surface area contributed by atoms with Crippen LogP contribution in [0.3, 0.4) is 0 Å². The lowest BCUT2D eigenvalue weighted by molar-refractivity contribution is 0.599. The number of halogens is 2. The molecule has 0 aliphatic rings. The first-order chi connectivity index (χ1) is 9.97. The van der Waals surface area contributed by atoms with Gasteiger partial charge in [-0.1, -0.05) is 17.7 Å². The van der Waals surface area contributed by atoms with Gasteiger partial charge in [-0.25, -0.2) is 12.8 Å². The van der Waals surface area contributed by atoms with Crippen LogP contribution in [0.2, 0.25) is 5.02 Å². The Kier molecular flexibility index (Phi) is 3.52. The van der Waals surface area contributed by atoms with Crippen LogP contribution in [0.15, 0.2) is 41.3 Å². The van der Waals surface area contributed by atoms with Crippen molar-refractivity contribution < 1.29 is 12.8 Å². The molecule has 0 saturated carbocycles. The molecule has 0 aliphatic heterocycles. The van der Waals surface area contributed by atoms with E-state index < -0.39 is 15.8 Å². The van der Waals surface area contributed by atoms with Gasteiger partial charge in [-0.05, 0) is 30.3 Å². The van der Waals surface area contributed by atoms with Gasteiger partial charge in [0.05, 0.1) is 27.3 Å². The summed E-state index contributed by atoms with van der Waals surface area (Å²) in [6.45, 7) is 0. The van der Waals surface area contributed by atoms with Gasteiger partial charge in [-0.2, -0.15) is 8.75 Å². The summed E-state index contributed by atoms with van der Waals surface area (Å²) in [6, 6.07) is 8.17. The van der Waals surface area contributed by atoms with Gasteiger partial charge in [0.15, 0.2) is 0 Å². The molecule has 1 N–H and O–H groups in total. The van der Waals surface area contributed by atoms with Crippen molar-refractivity contribution in [2.45, 2.75) is 4.90 Å². The zero-order valence-corrected chi connectivity index (χ0v) is 12.6. The molecule has 0 spiro atoms. The van der Waals surface area contributed by atoms with Gasteiger partial charge < -0.3 is 0 Å². The Morgan fingerprint density at radius 3 is 2.76 bits per heavy atom. The number of hydrogen-bond donors (Lipinski definition) is 1. The van der Waals surface area contributed by atoms with Crippen molar-refractivity contribution >= 4 is 50.1 Å². The van der Waals surface area contributed by atoms with Gasteiger partial charge >= 0.3 is 0 Å². The van der Waals surface area contributed by atoms with Crippen LogP contribution in [0.25, 0.3) is 11.0 Å². The normalized spacial score (nSPS) is 11.7. The molecule has 0 radical (unpaired) electrons. The number of nitrogens with one attached hydrogen (secondary N) is 1. The van der Waals surface area contributed by atoms with Crippen molar-refractivity contribution in [2.75, 3.05) is 4.72 Å². The number of benzene rings is 2. The summed E-state index contributed by atoms with van der Waals surface area (Å²) in [6.07, 6.45) is 0. The first-order valence-electron chi connectivity index (χ1n) is 5.66. The van der Waals surface area contributed by atoms with E-state index in [1.54, 1.807) is 18.2 Å². The minimum Gasteiger partial charge on any atom is -0.277 e. The predicted octanol–water partition coefficient (Wildman–Crippen LogP) is 3.28. The maximum absolute atomic E-state index is 13.1. The van der Waals surface area contributed by atoms with E-state index in [-0.39, 0.29) is 9.92 Å². The van der Waals surface area contributed by atoms with Gasteiger partial charge in [-0.15, -0.1) is 0 Å². The Morgan fingerprint density at radius 1 is 1.19 bits per heavy atom. The van der Waals surface area contributed by atoms with Gasteiger partial charge in [0, 0.05) is 0 Å². The fraction of sp³-hybridized carbons (Fsp3) is 0. The van der Waals surface area contributed by atoms with Gasteiger partial charge in [-0.3, -0.25) is 4.72 Å². The largest absolute Gasteiger partial charge is 0.277 e. The molecule has 3 rings (SSSR count). The number of sulfonamides is 1. The predicted molar refractivity (Wildman–Crippen MR) is 79.6 cm³/mol. The van der Waals surface area contributed by atoms with E-state index in [0.29, 0.717) is 16.7 Å². The summed E-state index contributed by atoms with van der Waals surface area (Å²) >= 11 is 6.60. The average Bonchev–Trinajstić information content (AvgIpc) is 2.91. The third-order valence-electron chi connectivity index (χ3n) is 2.73. The monoisotopic (exact) mass is 343 g/mol. The lowest BCUT2D eigenvalue weighted by atomic mass is 10.3. The third kappa shape index (κ3) is 2.69. The fourth-order valence-electron chi connectivity index (χ4n) is 1.74. The van der Waals surface area contributed by atoms with Crippen LogP contribution >= 0.6 is 23.3 Å². The van der Waals surface area contributed by atoms with Crippen molar-refractivity contribution in [3.63, 3.8) is 0 Å². The van der Waals surface area contributed by atoms with E-state index in [4.69, 9.17) is 11.6 Å². The first kappa shape index (κ1) is 14.2. The number of hydrogen-bond acceptors (Lipinski definition) is 5. The summed E-state index contributed by atoms with van der Waals surface area (Å²) in [5, 5.41) is -0.258. The van der Waals surface area contributed by atoms with E-state index in [1.165, 1.54) is 0 Å². The standard InChI is InChI=1S/C12H7ClFN3O2S2/c13-8-6-7(4-5-9(8)14)21(18,19)17-11-3-1-2-10-12(11)16-20-15-10/h1-6,17H. The quantitative estimate of drug-likeness (QED) is 0.792. The van der Waals surface area contributed by atoms with Crippen LogP contribution in [0, 0.1) is 5.82 Å². The topological polar surface area (TPSA) is 72.0 Å². The second kappa shape index (κ2) is 5.21. The summed E-state index contributed by atoms with van der Waals surface area (Å²) < 4.78 is 48.2. The minimum atomic E-state index is -3.89. The third-order valence-corrected chi connectivity index (χ3v) is 4.93. The Balaban J connectivity index is 2.03. The van der Waals surface area contributed by atoms with Crippen LogP contribution in [0.1, 0.15) is 0 Å². The molecule has 0 amide bonds. The Labute approximate surface area is 128 Å². The fourth-order valence-corrected chi connectivity index (χ4v) is 3.62. The molecule has 0 atom stereocenters. The highest BCUT2D eigenvalue weighted by Crippen LogP contribution is 2.25. The van der Waals surface area contributed by atoms with Crippen molar-refractivity contribution in [1.29, 1.82) is 0 Å². The van der Waals surface area contributed by atoms with Crippen molar-refractivity contribution in [2.24, 2.45) is 0 Å². The first-order valence-corrected chi connectivity index (χ1v) is 8.26. The molecule has 21 heavy (non-hydrogen) atoms. The zero-order chi connectivity index (χ0) is 15.0. The highest BCUT2D eigenvalue weighted by Gasteiger charge is 2.18. The average molecular weight is 344 g/mol. The molecule has 0 unspecified atom stereocenters. The highest BCUT2D eigenvalue weighted by molar-refractivity contribution is 7.92. The van der Waals surface area contributed by atoms with Gasteiger partial charge in [0.2, 0.25) is 0 Å². The molecule has 0 bridgehead atoms. The van der Waals surface area contributed by atoms with E-state index in [0.717, 1.165) is 29.9 Å². The van der Waals surface area contributed by atoms with Gasteiger partial charge in [0.25, 0.3) is 10.0 Å². The minimum absolute atomic E-state index is 0.130. The van der Waals surface area contributed by atoms with Crippen LogP contribution in [0.4, 0.5) is 10.1 Å². The molecular formula is C12H7ClFN3O2S2. The SMILES string of the molecule is O=S(=O)(Nc1cccc2nsnc12)c1ccc(F)c(Cl)c1. The Morgan fingerprint density at radius 2 is 2.00 bits per heavy atom. The number of aromatic nitrogens is 2. The smallest absolute Gasteiger partial charge is 0.262 e. The zero-order valence-electron chi connectivity index (χ0n) is 10.2. The maximum Gasteiger partial charge on any atom is 0.262 e. The molecule has 2 aromatic carbocycles. The summed E-state index contributed by atoms with van der Waals surface area (Å²) in [5.41, 5.74) is 1.36. The second-order valence-corrected chi connectivity index (χ2v) is 6.74. The molecule has 3 aromatic rings. The summed E-state index contributed by atoms with van der Waals surface area (Å²) in [7, 11) is -3.89. The summed E-state index contributed by atoms with van der Waals surface area (Å²) in [5.74, 6) is -0.679. The molecular weight excluding hydrogens is 337 g/mol. The van der Waals surface area contributed by atoms with E-state index in [2.05, 4.69) is 13.5 Å². The number of fused-ring (bicyclic) bond motifs is 1. The van der Waals surface area contributed by atoms with Crippen molar-refractivity contribution in [3.05, 3.63) is 47.2 Å². The van der Waals surface area contributed by atoms with Crippen LogP contribution < -0.4 is 4.72 Å². The molecule has 1 aromatic heterocycles. The van der Waals surface area contributed by atoms with E-state index in [9.17, 15) is 12.8 Å². The van der Waals surface area contributed by atoms with E-state index in [1.807, 2.05) is 0 Å². The van der Waals surface area contributed by atoms with Crippen molar-refractivity contribution in [1.82, 2.24) is 8.75 Å². The van der Waals surface area contributed by atoms with Gasteiger partial charge in [0.1, 0.15) is 16.9 Å². The lowest BCUT2D eigenvalue weighted by Crippen LogP contribution is -2.13. The molecule has 108 valence electrons. The summed E-state index contributed by atoms with van der Waals surface area (Å²) in [4.78, 5) is -0.130. The lowest BCUT2D eigenvalue weighted by Gasteiger charge is -2.08. The molecule has 9 heteroatoms. The second-order valence-electron chi connectivity index (χ2n) is 4.12. The Hall–Kier alpha value is -1.77. The van der Waals surface area contributed by atoms with Crippen LogP contribution in [0.5, 0.6) is 0 Å². The van der Waals surface area contributed by atoms with Crippen molar-refractivity contribution in [3.8, 4) is 0 Å². The van der Waals surface area contributed by atoms with Crippen LogP contribution in [-0.2, 0) is 10.0 Å². The molecule has 0 saturated heterocycles. The molecule has 0 aliphatic carbocycles. The molecule has 1 heterocycles. The molecule has 5 nitrogen and oxygen atoms in total. The highest BCUT2D eigenvalue weighted by atomic mass is 35.5. The number of nitrogens with zero attached hydrogens (tertiary/aromatic N) is 2. The van der Waals surface area contributed by atoms with E-state index >= 15 is 0 Å². The maximum atomic E-state index is 13.1. The van der Waals surface area contributed by atoms with Crippen LogP contribution in [-0.4, -0.2) is 17.2 Å². The number of rotatable bonds is 3. The molecule has 0 fully saturated rings.